The van der Waals surface area contributed by atoms with Gasteiger partial charge in [-0.2, -0.15) is 25.3 Å². The first-order valence-corrected chi connectivity index (χ1v) is 20.6. The van der Waals surface area contributed by atoms with Crippen LogP contribution in [0, 0.1) is 0 Å². The molecule has 0 radical (unpaired) electrons. The number of fused-ring (bicyclic) bond motifs is 4. The maximum atomic E-state index is 12.1. The topological polar surface area (TPSA) is 228 Å². The average molecular weight is 768 g/mol. The zero-order valence-corrected chi connectivity index (χ0v) is 33.1. The van der Waals surface area contributed by atoms with Crippen LogP contribution >= 0.6 is 0 Å². The zero-order chi connectivity index (χ0) is 36.3. The summed E-state index contributed by atoms with van der Waals surface area (Å²) in [7, 11) is -13.0. The van der Waals surface area contributed by atoms with E-state index in [1.807, 2.05) is 37.2 Å². The standard InChI is InChI=1S/C31H41N3O12S3.Na/c1-30(2)15-19(17-48(40,41)42)21-11-23-27(13-25(21)33(30)8-5-7-29(35)36)46-28-14-26-22(12-24(28)32-23)20(18-49(43,44)45)16-31(3,4)34(26)9-6-10-47(37,38)39;/h11-14,19-20H,5-10,15-18H2,1-4H3,(H3-,35,36,37,38,39,40,41,42,43,44,45);/q;+1/p+1. The second-order valence-electron chi connectivity index (χ2n) is 14.3. The maximum Gasteiger partial charge on any atom is 1.00 e. The van der Waals surface area contributed by atoms with Crippen LogP contribution in [-0.2, 0) is 35.1 Å². The van der Waals surface area contributed by atoms with E-state index >= 15 is 0 Å². The SMILES string of the molecule is CC1(C)CC(CS(=O)(=O)O)c2cc3c(cc2N1CCCS(=O)(=O)O)Oc1cc2c(cc1=N3)C(CS(=O)(=O)O)CC(C)(C)[N+]=2CCCC(=O)O.[Na+]. The van der Waals surface area contributed by atoms with E-state index in [1.54, 1.807) is 24.3 Å². The first kappa shape index (κ1) is 40.6. The van der Waals surface area contributed by atoms with Gasteiger partial charge in [-0.25, -0.2) is 9.57 Å². The van der Waals surface area contributed by atoms with Gasteiger partial charge >= 0.3 is 35.5 Å². The Morgan fingerprint density at radius 1 is 0.880 bits per heavy atom. The third-order valence-corrected chi connectivity index (χ3v) is 11.9. The monoisotopic (exact) mass is 767 g/mol. The molecule has 50 heavy (non-hydrogen) atoms. The van der Waals surface area contributed by atoms with E-state index in [4.69, 9.17) is 9.73 Å². The molecule has 2 unspecified atom stereocenters. The molecule has 2 atom stereocenters. The first-order valence-electron chi connectivity index (χ1n) is 15.8. The minimum absolute atomic E-state index is 0. The molecule has 2 aromatic carbocycles. The van der Waals surface area contributed by atoms with E-state index in [-0.39, 0.29) is 48.9 Å². The third-order valence-electron chi connectivity index (χ3n) is 9.47. The molecule has 5 rings (SSSR count). The van der Waals surface area contributed by atoms with E-state index < -0.39 is 76.5 Å². The normalized spacial score (nSPS) is 20.6. The van der Waals surface area contributed by atoms with Crippen molar-refractivity contribution in [1.29, 1.82) is 0 Å². The van der Waals surface area contributed by atoms with Gasteiger partial charge < -0.3 is 14.7 Å². The van der Waals surface area contributed by atoms with Gasteiger partial charge in [0.25, 0.3) is 30.4 Å². The largest absolute Gasteiger partial charge is 1.00 e. The molecule has 0 aliphatic carbocycles. The molecule has 3 aliphatic heterocycles. The van der Waals surface area contributed by atoms with E-state index in [2.05, 4.69) is 0 Å². The Kier molecular flexibility index (Phi) is 11.6. The smallest absolute Gasteiger partial charge is 0.481 e. The van der Waals surface area contributed by atoms with E-state index in [1.165, 1.54) is 0 Å². The van der Waals surface area contributed by atoms with Crippen molar-refractivity contribution in [2.75, 3.05) is 35.2 Å². The summed E-state index contributed by atoms with van der Waals surface area (Å²) in [6.07, 6.45) is 0.977. The number of carbonyl (C=O) groups is 1. The van der Waals surface area contributed by atoms with Crippen molar-refractivity contribution in [1.82, 2.24) is 4.58 Å². The Morgan fingerprint density at radius 2 is 1.50 bits per heavy atom. The number of anilines is 1. The third kappa shape index (κ3) is 9.43. The van der Waals surface area contributed by atoms with Crippen molar-refractivity contribution in [3.8, 4) is 11.5 Å². The molecular weight excluding hydrogens is 726 g/mol. The molecule has 0 aromatic heterocycles. The van der Waals surface area contributed by atoms with Crippen LogP contribution in [0.1, 0.15) is 82.8 Å². The molecule has 0 fully saturated rings. The number of carboxylic acids is 1. The van der Waals surface area contributed by atoms with Gasteiger partial charge in [0.2, 0.25) is 5.36 Å². The Labute approximate surface area is 314 Å². The quantitative estimate of drug-likeness (QED) is 0.104. The number of carboxylic acid groups (broad SMARTS) is 1. The predicted molar refractivity (Wildman–Crippen MR) is 180 cm³/mol. The van der Waals surface area contributed by atoms with E-state index in [0.29, 0.717) is 70.5 Å². The molecule has 0 saturated heterocycles. The van der Waals surface area contributed by atoms with Gasteiger partial charge in [-0.1, -0.05) is 0 Å². The van der Waals surface area contributed by atoms with Crippen molar-refractivity contribution < 1.29 is 83.1 Å². The van der Waals surface area contributed by atoms with Gasteiger partial charge in [0.05, 0.1) is 29.7 Å². The van der Waals surface area contributed by atoms with Gasteiger partial charge in [-0.3, -0.25) is 18.5 Å². The first-order chi connectivity index (χ1) is 22.4. The maximum absolute atomic E-state index is 12.1. The number of benzene rings is 2. The zero-order valence-electron chi connectivity index (χ0n) is 28.7. The Morgan fingerprint density at radius 3 is 2.08 bits per heavy atom. The fourth-order valence-electron chi connectivity index (χ4n) is 7.60. The summed E-state index contributed by atoms with van der Waals surface area (Å²) in [5, 5.41) is 10.2. The molecule has 19 heteroatoms. The molecule has 0 saturated carbocycles. The number of rotatable bonds is 12. The summed E-state index contributed by atoms with van der Waals surface area (Å²) in [6, 6.07) is 6.79. The van der Waals surface area contributed by atoms with E-state index in [9.17, 15) is 48.8 Å². The van der Waals surface area contributed by atoms with Gasteiger partial charge in [0, 0.05) is 54.1 Å². The number of hydrogen-bond acceptors (Lipinski definition) is 10. The van der Waals surface area contributed by atoms with Crippen molar-refractivity contribution in [3.05, 3.63) is 46.1 Å². The summed E-state index contributed by atoms with van der Waals surface area (Å²) >= 11 is 0. The second-order valence-corrected chi connectivity index (χ2v) is 18.9. The fraction of sp³-hybridized carbons (Fsp3) is 0.581. The van der Waals surface area contributed by atoms with Gasteiger partial charge in [-0.15, -0.1) is 0 Å². The second kappa shape index (κ2) is 14.3. The van der Waals surface area contributed by atoms with Crippen molar-refractivity contribution in [2.24, 2.45) is 4.99 Å². The summed E-state index contributed by atoms with van der Waals surface area (Å²) in [4.78, 5) is 18.0. The Bertz CT molecular complexity index is 2150. The fourth-order valence-corrected chi connectivity index (χ4v) is 9.71. The van der Waals surface area contributed by atoms with Crippen LogP contribution in [0.5, 0.6) is 11.5 Å². The molecule has 15 nitrogen and oxygen atoms in total. The van der Waals surface area contributed by atoms with Crippen molar-refractivity contribution in [2.45, 2.75) is 82.7 Å². The molecule has 270 valence electrons. The molecule has 2 aromatic rings. The van der Waals surface area contributed by atoms with Crippen LogP contribution in [0.2, 0.25) is 0 Å². The summed E-state index contributed by atoms with van der Waals surface area (Å²) in [5.41, 5.74) is 0.740. The van der Waals surface area contributed by atoms with Crippen LogP contribution in [0.4, 0.5) is 11.4 Å². The summed E-state index contributed by atoms with van der Waals surface area (Å²) in [5.74, 6) is -3.12. The van der Waals surface area contributed by atoms with Crippen molar-refractivity contribution in [3.63, 3.8) is 0 Å². The number of hydrogen-bond donors (Lipinski definition) is 4. The number of aliphatic carboxylic acids is 1. The average Bonchev–Trinajstić information content (AvgIpc) is 2.91. The van der Waals surface area contributed by atoms with Gasteiger partial charge in [0.1, 0.15) is 17.6 Å². The van der Waals surface area contributed by atoms with Crippen LogP contribution in [0.25, 0.3) is 0 Å². The Hall–Kier alpha value is -2.16. The summed E-state index contributed by atoms with van der Waals surface area (Å²) in [6.45, 7) is 8.14. The predicted octanol–water partition coefficient (Wildman–Crippen LogP) is -0.505. The molecule has 4 N–H and O–H groups in total. The van der Waals surface area contributed by atoms with E-state index in [0.717, 1.165) is 0 Å². The van der Waals surface area contributed by atoms with Crippen molar-refractivity contribution >= 4 is 47.7 Å². The molecule has 3 aliphatic rings. The summed E-state index contributed by atoms with van der Waals surface area (Å²) < 4.78 is 109. The molecule has 0 bridgehead atoms. The van der Waals surface area contributed by atoms with Crippen LogP contribution < -0.4 is 54.5 Å². The molecular formula is C31H42N3NaO12S3+2. The molecule has 3 heterocycles. The van der Waals surface area contributed by atoms with Gasteiger partial charge in [-0.05, 0) is 58.2 Å². The number of nitrogens with zero attached hydrogens (tertiary/aromatic N) is 3. The van der Waals surface area contributed by atoms with Gasteiger partial charge in [0.15, 0.2) is 17.0 Å². The Balaban J connectivity index is 0.00000562. The van der Waals surface area contributed by atoms with Crippen LogP contribution in [0.15, 0.2) is 29.3 Å². The molecule has 0 spiro atoms. The molecule has 0 amide bonds. The van der Waals surface area contributed by atoms with Crippen LogP contribution in [0.3, 0.4) is 0 Å². The number of ether oxygens (including phenoxy) is 1. The minimum atomic E-state index is -4.40. The minimum Gasteiger partial charge on any atom is -0.481 e. The van der Waals surface area contributed by atoms with Crippen LogP contribution in [-0.4, -0.2) is 91.4 Å².